The van der Waals surface area contributed by atoms with Crippen LogP contribution < -0.4 is 0 Å². The highest BCUT2D eigenvalue weighted by Crippen LogP contribution is 2.30. The number of piperidine rings is 1. The van der Waals surface area contributed by atoms with Crippen molar-refractivity contribution >= 4 is 28.6 Å². The summed E-state index contributed by atoms with van der Waals surface area (Å²) in [5.41, 5.74) is 1.47. The molecule has 3 amide bonds. The molecule has 2 atom stereocenters. The van der Waals surface area contributed by atoms with Crippen molar-refractivity contribution in [3.05, 3.63) is 36.0 Å². The number of hydrogen-bond donors (Lipinski definition) is 1. The van der Waals surface area contributed by atoms with Gasteiger partial charge in [0, 0.05) is 44.1 Å². The minimum absolute atomic E-state index is 0.00611. The lowest BCUT2D eigenvalue weighted by Gasteiger charge is -2.35. The van der Waals surface area contributed by atoms with Crippen LogP contribution in [0.2, 0.25) is 0 Å². The molecule has 5 rings (SSSR count). The second kappa shape index (κ2) is 6.72. The molecule has 7 nitrogen and oxygen atoms in total. The van der Waals surface area contributed by atoms with Gasteiger partial charge in [-0.2, -0.15) is 0 Å². The molecule has 0 aliphatic carbocycles. The molecule has 2 bridgehead atoms. The quantitative estimate of drug-likeness (QED) is 0.888. The first-order chi connectivity index (χ1) is 12.9. The minimum atomic E-state index is -0.230. The number of amides is 3. The molecule has 1 N–H and O–H groups in total. The molecule has 3 saturated heterocycles. The van der Waals surface area contributed by atoms with Gasteiger partial charge in [-0.05, 0) is 25.0 Å². The van der Waals surface area contributed by atoms with E-state index in [0.29, 0.717) is 18.8 Å². The van der Waals surface area contributed by atoms with Crippen molar-refractivity contribution in [2.45, 2.75) is 18.9 Å². The van der Waals surface area contributed by atoms with Crippen molar-refractivity contribution in [1.29, 1.82) is 0 Å². The molecular formula is C20H24N4O3. The summed E-state index contributed by atoms with van der Waals surface area (Å²) in [5.74, 6) is -0.415. The molecule has 2 aromatic rings. The lowest BCUT2D eigenvalue weighted by atomic mass is 9.94. The first-order valence-electron chi connectivity index (χ1n) is 9.31. The number of fused-ring (bicyclic) bond motifs is 5. The van der Waals surface area contributed by atoms with E-state index >= 15 is 0 Å². The van der Waals surface area contributed by atoms with E-state index in [2.05, 4.69) is 4.98 Å². The zero-order chi connectivity index (χ0) is 19.1. The van der Waals surface area contributed by atoms with Gasteiger partial charge in [-0.1, -0.05) is 18.2 Å². The third-order valence-corrected chi connectivity index (χ3v) is 5.65. The van der Waals surface area contributed by atoms with Crippen molar-refractivity contribution < 1.29 is 14.4 Å². The molecule has 1 aromatic heterocycles. The van der Waals surface area contributed by atoms with E-state index in [-0.39, 0.29) is 36.2 Å². The van der Waals surface area contributed by atoms with Crippen LogP contribution in [0.3, 0.4) is 0 Å². The van der Waals surface area contributed by atoms with Gasteiger partial charge in [-0.25, -0.2) is 0 Å². The Morgan fingerprint density at radius 3 is 2.70 bits per heavy atom. The van der Waals surface area contributed by atoms with Crippen LogP contribution in [-0.4, -0.2) is 77.2 Å². The van der Waals surface area contributed by atoms with Crippen molar-refractivity contribution in [3.8, 4) is 0 Å². The van der Waals surface area contributed by atoms with Crippen LogP contribution in [0.5, 0.6) is 0 Å². The van der Waals surface area contributed by atoms with E-state index in [9.17, 15) is 14.4 Å². The highest BCUT2D eigenvalue weighted by molar-refractivity contribution is 5.98. The first kappa shape index (κ1) is 17.6. The Morgan fingerprint density at radius 1 is 1.19 bits per heavy atom. The molecule has 27 heavy (non-hydrogen) atoms. The summed E-state index contributed by atoms with van der Waals surface area (Å²) >= 11 is 0. The molecule has 3 aliphatic rings. The van der Waals surface area contributed by atoms with Crippen LogP contribution >= 0.6 is 0 Å². The number of benzene rings is 1. The minimum Gasteiger partial charge on any atom is -0.351 e. The maximum atomic E-state index is 13.1. The average molecular weight is 368 g/mol. The SMILES string of the molecule is CN(C)C(=O)CN1C(=O)[C@H]2CC[C@@H]1CN(C(=O)c1cc3ccccc3[nH]1)C2. The summed E-state index contributed by atoms with van der Waals surface area (Å²) in [6.45, 7) is 0.967. The third-order valence-electron chi connectivity index (χ3n) is 5.65. The molecule has 7 heteroatoms. The van der Waals surface area contributed by atoms with Crippen LogP contribution in [0.15, 0.2) is 30.3 Å². The number of likely N-dealkylation sites (N-methyl/N-ethyl adjacent to an activating group) is 1. The standard InChI is InChI=1S/C20H24N4O3/c1-22(2)18(25)12-24-15-8-7-14(19(24)26)10-23(11-15)20(27)17-9-13-5-3-4-6-16(13)21-17/h3-6,9,14-15,21H,7-8,10-12H2,1-2H3/t14-,15+/m0/s1. The number of aromatic nitrogens is 1. The average Bonchev–Trinajstić information content (AvgIpc) is 2.90. The van der Waals surface area contributed by atoms with Crippen LogP contribution in [0.25, 0.3) is 10.9 Å². The largest absolute Gasteiger partial charge is 0.351 e. The Bertz CT molecular complexity index is 871. The van der Waals surface area contributed by atoms with Crippen molar-refractivity contribution in [2.75, 3.05) is 33.7 Å². The van der Waals surface area contributed by atoms with Gasteiger partial charge >= 0.3 is 0 Å². The Hall–Kier alpha value is -2.83. The molecule has 3 fully saturated rings. The number of aromatic amines is 1. The highest BCUT2D eigenvalue weighted by atomic mass is 16.2. The normalized spacial score (nSPS) is 22.2. The fourth-order valence-corrected chi connectivity index (χ4v) is 4.06. The fraction of sp³-hybridized carbons (Fsp3) is 0.450. The molecule has 142 valence electrons. The van der Waals surface area contributed by atoms with Crippen molar-refractivity contribution in [2.24, 2.45) is 5.92 Å². The number of carbonyl (C=O) groups excluding carboxylic acids is 3. The predicted molar refractivity (Wildman–Crippen MR) is 101 cm³/mol. The fourth-order valence-electron chi connectivity index (χ4n) is 4.06. The van der Waals surface area contributed by atoms with Gasteiger partial charge in [0.15, 0.2) is 0 Å². The smallest absolute Gasteiger partial charge is 0.270 e. The number of para-hydroxylation sites is 1. The van der Waals surface area contributed by atoms with Gasteiger partial charge in [-0.3, -0.25) is 14.4 Å². The summed E-state index contributed by atoms with van der Waals surface area (Å²) in [6, 6.07) is 9.53. The van der Waals surface area contributed by atoms with E-state index < -0.39 is 0 Å². The van der Waals surface area contributed by atoms with Crippen LogP contribution in [-0.2, 0) is 9.59 Å². The lowest BCUT2D eigenvalue weighted by molar-refractivity contribution is -0.145. The summed E-state index contributed by atoms with van der Waals surface area (Å²) < 4.78 is 0. The summed E-state index contributed by atoms with van der Waals surface area (Å²) in [6.07, 6.45) is 1.60. The molecule has 3 aliphatic heterocycles. The van der Waals surface area contributed by atoms with E-state index in [1.165, 1.54) is 4.90 Å². The first-order valence-corrected chi connectivity index (χ1v) is 9.31. The van der Waals surface area contributed by atoms with E-state index in [1.807, 2.05) is 30.3 Å². The number of H-pyrrole nitrogens is 1. The van der Waals surface area contributed by atoms with Gasteiger partial charge in [0.05, 0.1) is 5.92 Å². The zero-order valence-electron chi connectivity index (χ0n) is 15.6. The summed E-state index contributed by atoms with van der Waals surface area (Å²) in [5, 5.41) is 0.993. The van der Waals surface area contributed by atoms with Crippen LogP contribution in [0, 0.1) is 5.92 Å². The number of rotatable bonds is 3. The predicted octanol–water partition coefficient (Wildman–Crippen LogP) is 1.32. The van der Waals surface area contributed by atoms with Gasteiger partial charge in [0.25, 0.3) is 5.91 Å². The molecule has 1 aromatic carbocycles. The lowest BCUT2D eigenvalue weighted by Crippen LogP contribution is -2.51. The van der Waals surface area contributed by atoms with Crippen molar-refractivity contribution in [1.82, 2.24) is 19.7 Å². The molecule has 4 heterocycles. The van der Waals surface area contributed by atoms with E-state index in [0.717, 1.165) is 23.7 Å². The Labute approximate surface area is 157 Å². The topological polar surface area (TPSA) is 76.7 Å². The molecular weight excluding hydrogens is 344 g/mol. The van der Waals surface area contributed by atoms with Gasteiger partial charge in [0.2, 0.25) is 11.8 Å². The van der Waals surface area contributed by atoms with Gasteiger partial charge < -0.3 is 19.7 Å². The maximum Gasteiger partial charge on any atom is 0.270 e. The Balaban J connectivity index is 1.56. The second-order valence-corrected chi connectivity index (χ2v) is 7.66. The summed E-state index contributed by atoms with van der Waals surface area (Å²) in [4.78, 5) is 46.1. The monoisotopic (exact) mass is 368 g/mol. The molecule has 0 saturated carbocycles. The van der Waals surface area contributed by atoms with E-state index in [4.69, 9.17) is 0 Å². The molecule has 0 unspecified atom stereocenters. The summed E-state index contributed by atoms with van der Waals surface area (Å²) in [7, 11) is 3.38. The number of nitrogens with zero attached hydrogens (tertiary/aromatic N) is 3. The highest BCUT2D eigenvalue weighted by Gasteiger charge is 2.42. The zero-order valence-corrected chi connectivity index (χ0v) is 15.6. The van der Waals surface area contributed by atoms with Crippen LogP contribution in [0.4, 0.5) is 0 Å². The Kier molecular flexibility index (Phi) is 4.37. The third kappa shape index (κ3) is 3.18. The van der Waals surface area contributed by atoms with Gasteiger partial charge in [-0.15, -0.1) is 0 Å². The number of hydrogen-bond acceptors (Lipinski definition) is 3. The van der Waals surface area contributed by atoms with Crippen LogP contribution in [0.1, 0.15) is 23.3 Å². The maximum absolute atomic E-state index is 13.1. The van der Waals surface area contributed by atoms with Crippen molar-refractivity contribution in [3.63, 3.8) is 0 Å². The van der Waals surface area contributed by atoms with E-state index in [1.54, 1.807) is 23.9 Å². The Morgan fingerprint density at radius 2 is 1.96 bits per heavy atom. The molecule has 0 spiro atoms. The second-order valence-electron chi connectivity index (χ2n) is 7.66. The number of carbonyl (C=O) groups is 3. The molecule has 0 radical (unpaired) electrons. The van der Waals surface area contributed by atoms with Gasteiger partial charge in [0.1, 0.15) is 12.2 Å². The number of nitrogens with one attached hydrogen (secondary N) is 1.